The van der Waals surface area contributed by atoms with Crippen molar-refractivity contribution in [2.45, 2.75) is 33.6 Å². The molecule has 0 aliphatic carbocycles. The molecule has 4 heteroatoms. The first-order valence-electron chi connectivity index (χ1n) is 5.76. The highest BCUT2D eigenvalue weighted by Gasteiger charge is 2.13. The zero-order chi connectivity index (χ0) is 11.3. The molecule has 0 saturated carbocycles. The number of nitrogens with two attached hydrogens (primary N) is 1. The van der Waals surface area contributed by atoms with Crippen LogP contribution in [0, 0.1) is 5.92 Å². The van der Waals surface area contributed by atoms with Crippen LogP contribution in [0.3, 0.4) is 0 Å². The minimum absolute atomic E-state index is 0.669. The number of H-pyrrole nitrogens is 1. The second-order valence-corrected chi connectivity index (χ2v) is 3.89. The van der Waals surface area contributed by atoms with Crippen molar-refractivity contribution in [3.05, 3.63) is 6.20 Å². The molecule has 4 nitrogen and oxygen atoms in total. The monoisotopic (exact) mass is 210 g/mol. The molecule has 0 aromatic carbocycles. The standard InChI is InChI=1S/C11H22N4/c1-4-9(5-2)8-15(6-3)10-7-13-14-11(10)12/h7,9H,4-6,8H2,1-3H3,(H3,12,13,14). The molecule has 1 rings (SSSR count). The highest BCUT2D eigenvalue weighted by Crippen LogP contribution is 2.22. The summed E-state index contributed by atoms with van der Waals surface area (Å²) < 4.78 is 0. The Morgan fingerprint density at radius 3 is 2.47 bits per heavy atom. The van der Waals surface area contributed by atoms with E-state index in [1.165, 1.54) is 12.8 Å². The normalized spacial score (nSPS) is 10.9. The highest BCUT2D eigenvalue weighted by atomic mass is 15.2. The van der Waals surface area contributed by atoms with E-state index in [2.05, 4.69) is 35.9 Å². The number of rotatable bonds is 6. The molecule has 1 heterocycles. The van der Waals surface area contributed by atoms with Crippen LogP contribution in [-0.2, 0) is 0 Å². The lowest BCUT2D eigenvalue weighted by molar-refractivity contribution is 0.486. The Hall–Kier alpha value is -1.19. The highest BCUT2D eigenvalue weighted by molar-refractivity contribution is 5.61. The Morgan fingerprint density at radius 2 is 2.07 bits per heavy atom. The van der Waals surface area contributed by atoms with E-state index in [4.69, 9.17) is 5.73 Å². The van der Waals surface area contributed by atoms with Gasteiger partial charge in [0.2, 0.25) is 0 Å². The molecule has 0 spiro atoms. The summed E-state index contributed by atoms with van der Waals surface area (Å²) in [6, 6.07) is 0. The smallest absolute Gasteiger partial charge is 0.142 e. The van der Waals surface area contributed by atoms with E-state index in [0.29, 0.717) is 5.82 Å². The average molecular weight is 210 g/mol. The third-order valence-electron chi connectivity index (χ3n) is 3.00. The number of aromatic nitrogens is 2. The summed E-state index contributed by atoms with van der Waals surface area (Å²) in [5.74, 6) is 1.40. The van der Waals surface area contributed by atoms with Gasteiger partial charge in [0.25, 0.3) is 0 Å². The van der Waals surface area contributed by atoms with E-state index in [1.54, 1.807) is 6.20 Å². The average Bonchev–Trinajstić information content (AvgIpc) is 2.67. The van der Waals surface area contributed by atoms with Crippen LogP contribution >= 0.6 is 0 Å². The molecule has 0 bridgehead atoms. The van der Waals surface area contributed by atoms with Crippen molar-refractivity contribution in [2.75, 3.05) is 23.7 Å². The lowest BCUT2D eigenvalue weighted by Gasteiger charge is -2.26. The predicted octanol–water partition coefficient (Wildman–Crippen LogP) is 2.25. The van der Waals surface area contributed by atoms with Crippen molar-refractivity contribution < 1.29 is 0 Å². The van der Waals surface area contributed by atoms with Gasteiger partial charge >= 0.3 is 0 Å². The Balaban J connectivity index is 2.68. The number of hydrogen-bond acceptors (Lipinski definition) is 3. The van der Waals surface area contributed by atoms with Crippen LogP contribution in [0.5, 0.6) is 0 Å². The molecule has 86 valence electrons. The zero-order valence-corrected chi connectivity index (χ0v) is 9.95. The predicted molar refractivity (Wildman–Crippen MR) is 65.0 cm³/mol. The molecule has 0 fully saturated rings. The molecule has 1 aromatic heterocycles. The molecule has 3 N–H and O–H groups in total. The number of anilines is 2. The maximum Gasteiger partial charge on any atom is 0.142 e. The van der Waals surface area contributed by atoms with Gasteiger partial charge in [-0.2, -0.15) is 5.10 Å². The number of nitrogens with zero attached hydrogens (tertiary/aromatic N) is 2. The second kappa shape index (κ2) is 5.63. The number of aromatic amines is 1. The maximum absolute atomic E-state index is 5.82. The van der Waals surface area contributed by atoms with Gasteiger partial charge in [-0.05, 0) is 12.8 Å². The van der Waals surface area contributed by atoms with Gasteiger partial charge in [-0.25, -0.2) is 0 Å². The number of nitrogen functional groups attached to an aromatic ring is 1. The third kappa shape index (κ3) is 2.88. The fourth-order valence-corrected chi connectivity index (χ4v) is 1.80. The van der Waals surface area contributed by atoms with Crippen LogP contribution in [0.15, 0.2) is 6.20 Å². The van der Waals surface area contributed by atoms with Crippen molar-refractivity contribution in [1.82, 2.24) is 10.2 Å². The Labute approximate surface area is 91.8 Å². The van der Waals surface area contributed by atoms with E-state index in [1.807, 2.05) is 0 Å². The first kappa shape index (κ1) is 11.9. The number of hydrogen-bond donors (Lipinski definition) is 2. The van der Waals surface area contributed by atoms with Crippen molar-refractivity contribution in [2.24, 2.45) is 5.92 Å². The van der Waals surface area contributed by atoms with E-state index in [-0.39, 0.29) is 0 Å². The van der Waals surface area contributed by atoms with E-state index >= 15 is 0 Å². The summed E-state index contributed by atoms with van der Waals surface area (Å²) in [7, 11) is 0. The Kier molecular flexibility index (Phi) is 4.46. The summed E-state index contributed by atoms with van der Waals surface area (Å²) in [5, 5.41) is 6.74. The van der Waals surface area contributed by atoms with Gasteiger partial charge in [0.15, 0.2) is 0 Å². The molecular weight excluding hydrogens is 188 g/mol. The van der Waals surface area contributed by atoms with Crippen molar-refractivity contribution in [3.8, 4) is 0 Å². The van der Waals surface area contributed by atoms with E-state index < -0.39 is 0 Å². The fraction of sp³-hybridized carbons (Fsp3) is 0.727. The quantitative estimate of drug-likeness (QED) is 0.757. The number of nitrogens with one attached hydrogen (secondary N) is 1. The van der Waals surface area contributed by atoms with Gasteiger partial charge in [0, 0.05) is 13.1 Å². The molecule has 0 radical (unpaired) electrons. The van der Waals surface area contributed by atoms with Gasteiger partial charge in [-0.15, -0.1) is 0 Å². The van der Waals surface area contributed by atoms with Crippen LogP contribution in [-0.4, -0.2) is 23.3 Å². The minimum atomic E-state index is 0.669. The van der Waals surface area contributed by atoms with Crippen LogP contribution in [0.1, 0.15) is 33.6 Å². The summed E-state index contributed by atoms with van der Waals surface area (Å²) in [6.07, 6.45) is 4.23. The molecule has 0 amide bonds. The van der Waals surface area contributed by atoms with Crippen molar-refractivity contribution in [1.29, 1.82) is 0 Å². The van der Waals surface area contributed by atoms with Crippen molar-refractivity contribution >= 4 is 11.5 Å². The Morgan fingerprint density at radius 1 is 1.40 bits per heavy atom. The zero-order valence-electron chi connectivity index (χ0n) is 9.95. The summed E-state index contributed by atoms with van der Waals surface area (Å²) >= 11 is 0. The SMILES string of the molecule is CCC(CC)CN(CC)c1cn[nH]c1N. The topological polar surface area (TPSA) is 57.9 Å². The summed E-state index contributed by atoms with van der Waals surface area (Å²) in [4.78, 5) is 2.29. The molecule has 15 heavy (non-hydrogen) atoms. The molecule has 1 aromatic rings. The first-order chi connectivity index (χ1) is 7.22. The molecule has 0 atom stereocenters. The van der Waals surface area contributed by atoms with Gasteiger partial charge in [-0.1, -0.05) is 26.7 Å². The Bertz CT molecular complexity index is 278. The maximum atomic E-state index is 5.82. The molecule has 0 aliphatic rings. The lowest BCUT2D eigenvalue weighted by Crippen LogP contribution is -2.29. The largest absolute Gasteiger partial charge is 0.382 e. The fourth-order valence-electron chi connectivity index (χ4n) is 1.80. The van der Waals surface area contributed by atoms with Crippen LogP contribution in [0.25, 0.3) is 0 Å². The van der Waals surface area contributed by atoms with Gasteiger partial charge in [0.05, 0.1) is 11.9 Å². The van der Waals surface area contributed by atoms with Crippen LogP contribution in [0.4, 0.5) is 11.5 Å². The van der Waals surface area contributed by atoms with Gasteiger partial charge in [0.1, 0.15) is 5.82 Å². The van der Waals surface area contributed by atoms with Crippen LogP contribution in [0.2, 0.25) is 0 Å². The molecular formula is C11H22N4. The first-order valence-corrected chi connectivity index (χ1v) is 5.76. The van der Waals surface area contributed by atoms with E-state index in [9.17, 15) is 0 Å². The van der Waals surface area contributed by atoms with Gasteiger partial charge in [-0.3, -0.25) is 5.10 Å². The minimum Gasteiger partial charge on any atom is -0.382 e. The van der Waals surface area contributed by atoms with E-state index in [0.717, 1.165) is 24.7 Å². The lowest BCUT2D eigenvalue weighted by atomic mass is 10.0. The molecule has 0 unspecified atom stereocenters. The summed E-state index contributed by atoms with van der Waals surface area (Å²) in [5.41, 5.74) is 6.85. The van der Waals surface area contributed by atoms with Crippen molar-refractivity contribution in [3.63, 3.8) is 0 Å². The van der Waals surface area contributed by atoms with Crippen LogP contribution < -0.4 is 10.6 Å². The second-order valence-electron chi connectivity index (χ2n) is 3.89. The molecule has 0 saturated heterocycles. The molecule has 0 aliphatic heterocycles. The third-order valence-corrected chi connectivity index (χ3v) is 3.00. The van der Waals surface area contributed by atoms with Gasteiger partial charge < -0.3 is 10.6 Å². The summed E-state index contributed by atoms with van der Waals surface area (Å²) in [6.45, 7) is 8.66.